The van der Waals surface area contributed by atoms with Crippen molar-refractivity contribution in [2.24, 2.45) is 0 Å². The summed E-state index contributed by atoms with van der Waals surface area (Å²) in [4.78, 5) is 18.5. The number of hydrogen-bond donors (Lipinski definition) is 1. The van der Waals surface area contributed by atoms with Crippen molar-refractivity contribution in [2.45, 2.75) is 38.1 Å². The van der Waals surface area contributed by atoms with Crippen molar-refractivity contribution < 1.29 is 4.79 Å². The van der Waals surface area contributed by atoms with E-state index in [1.54, 1.807) is 0 Å². The van der Waals surface area contributed by atoms with Gasteiger partial charge in [0.15, 0.2) is 0 Å². The molecule has 25 heavy (non-hydrogen) atoms. The number of aromatic nitrogens is 1. The summed E-state index contributed by atoms with van der Waals surface area (Å²) in [6.07, 6.45) is 5.14. The molecule has 2 heterocycles. The lowest BCUT2D eigenvalue weighted by Crippen LogP contribution is -2.39. The highest BCUT2D eigenvalue weighted by atomic mass is 16.2. The minimum Gasteiger partial charge on any atom is -0.361 e. The molecule has 1 aromatic heterocycles. The predicted octanol–water partition coefficient (Wildman–Crippen LogP) is 4.97. The molecule has 2 unspecified atom stereocenters. The third-order valence-corrected chi connectivity index (χ3v) is 5.49. The number of carbonyl (C=O) groups excluding carboxylic acids is 1. The lowest BCUT2D eigenvalue weighted by Gasteiger charge is -2.31. The Kier molecular flexibility index (Phi) is 4.31. The molecule has 4 rings (SSSR count). The van der Waals surface area contributed by atoms with Crippen LogP contribution in [-0.4, -0.2) is 28.4 Å². The quantitative estimate of drug-likeness (QED) is 0.720. The molecule has 1 saturated heterocycles. The highest BCUT2D eigenvalue weighted by Gasteiger charge is 2.35. The molecule has 0 spiro atoms. The van der Waals surface area contributed by atoms with E-state index >= 15 is 0 Å². The first-order valence-electron chi connectivity index (χ1n) is 9.21. The average Bonchev–Trinajstić information content (AvgIpc) is 3.31. The number of aromatic amines is 1. The second-order valence-electron chi connectivity index (χ2n) is 6.91. The van der Waals surface area contributed by atoms with Gasteiger partial charge in [-0.3, -0.25) is 4.79 Å². The van der Waals surface area contributed by atoms with Crippen LogP contribution in [0.15, 0.2) is 60.8 Å². The lowest BCUT2D eigenvalue weighted by molar-refractivity contribution is 0.0714. The molecule has 2 aromatic carbocycles. The van der Waals surface area contributed by atoms with E-state index in [0.29, 0.717) is 12.0 Å². The number of nitrogens with one attached hydrogen (secondary N) is 1. The van der Waals surface area contributed by atoms with Crippen LogP contribution < -0.4 is 0 Å². The minimum atomic E-state index is 0.161. The summed E-state index contributed by atoms with van der Waals surface area (Å²) in [5.41, 5.74) is 3.15. The van der Waals surface area contributed by atoms with E-state index in [4.69, 9.17) is 0 Å². The van der Waals surface area contributed by atoms with Gasteiger partial charge in [0.25, 0.3) is 5.91 Å². The Bertz CT molecular complexity index is 868. The number of benzene rings is 2. The van der Waals surface area contributed by atoms with E-state index in [9.17, 15) is 4.79 Å². The Hall–Kier alpha value is -2.55. The summed E-state index contributed by atoms with van der Waals surface area (Å²) < 4.78 is 0. The second-order valence-corrected chi connectivity index (χ2v) is 6.91. The summed E-state index contributed by atoms with van der Waals surface area (Å²) in [5.74, 6) is 0.565. The number of hydrogen-bond acceptors (Lipinski definition) is 1. The van der Waals surface area contributed by atoms with Crippen LogP contribution in [0.4, 0.5) is 0 Å². The molecule has 1 amide bonds. The normalized spacial score (nSPS) is 18.6. The smallest absolute Gasteiger partial charge is 0.254 e. The molecular formula is C22H24N2O. The van der Waals surface area contributed by atoms with Gasteiger partial charge in [0.05, 0.1) is 0 Å². The van der Waals surface area contributed by atoms with Crippen LogP contribution in [0.5, 0.6) is 0 Å². The highest BCUT2D eigenvalue weighted by Crippen LogP contribution is 2.34. The van der Waals surface area contributed by atoms with E-state index in [1.807, 2.05) is 30.5 Å². The maximum Gasteiger partial charge on any atom is 0.254 e. The fourth-order valence-corrected chi connectivity index (χ4v) is 4.24. The third kappa shape index (κ3) is 2.95. The molecule has 0 bridgehead atoms. The Labute approximate surface area is 148 Å². The standard InChI is InChI=1S/C22H24N2O/c1-2-19(16-7-4-3-5-8-16)21-9-6-14-24(21)22(25)18-11-10-17-12-13-23-20(17)15-18/h3-5,7-8,10-13,15,19,21,23H,2,6,9,14H2,1H3. The van der Waals surface area contributed by atoms with Crippen molar-refractivity contribution in [3.8, 4) is 0 Å². The highest BCUT2D eigenvalue weighted by molar-refractivity contribution is 5.98. The van der Waals surface area contributed by atoms with Gasteiger partial charge >= 0.3 is 0 Å². The number of likely N-dealkylation sites (tertiary alicyclic amines) is 1. The fourth-order valence-electron chi connectivity index (χ4n) is 4.24. The van der Waals surface area contributed by atoms with Gasteiger partial charge in [-0.1, -0.05) is 43.3 Å². The molecule has 2 atom stereocenters. The Morgan fingerprint density at radius 1 is 1.20 bits per heavy atom. The Morgan fingerprint density at radius 3 is 2.84 bits per heavy atom. The zero-order valence-corrected chi connectivity index (χ0v) is 14.6. The van der Waals surface area contributed by atoms with Crippen molar-refractivity contribution in [1.29, 1.82) is 0 Å². The molecule has 3 heteroatoms. The van der Waals surface area contributed by atoms with Gasteiger partial charge < -0.3 is 9.88 Å². The number of amides is 1. The number of fused-ring (bicyclic) bond motifs is 1. The van der Waals surface area contributed by atoms with Crippen LogP contribution in [0.1, 0.15) is 48.0 Å². The topological polar surface area (TPSA) is 36.1 Å². The molecule has 0 radical (unpaired) electrons. The minimum absolute atomic E-state index is 0.161. The van der Waals surface area contributed by atoms with Gasteiger partial charge in [0, 0.05) is 35.8 Å². The molecule has 1 aliphatic rings. The molecule has 1 aliphatic heterocycles. The van der Waals surface area contributed by atoms with Gasteiger partial charge in [-0.2, -0.15) is 0 Å². The lowest BCUT2D eigenvalue weighted by atomic mass is 9.87. The number of nitrogens with zero attached hydrogens (tertiary/aromatic N) is 1. The first-order valence-corrected chi connectivity index (χ1v) is 9.21. The van der Waals surface area contributed by atoms with Crippen LogP contribution in [0.25, 0.3) is 10.9 Å². The van der Waals surface area contributed by atoms with Crippen LogP contribution in [-0.2, 0) is 0 Å². The molecular weight excluding hydrogens is 308 g/mol. The van der Waals surface area contributed by atoms with Crippen molar-refractivity contribution in [2.75, 3.05) is 6.54 Å². The maximum atomic E-state index is 13.2. The summed E-state index contributed by atoms with van der Waals surface area (Å²) in [6, 6.07) is 18.9. The van der Waals surface area contributed by atoms with E-state index in [1.165, 1.54) is 5.56 Å². The number of carbonyl (C=O) groups is 1. The molecule has 1 N–H and O–H groups in total. The zero-order chi connectivity index (χ0) is 17.2. The third-order valence-electron chi connectivity index (χ3n) is 5.49. The van der Waals surface area contributed by atoms with Crippen LogP contribution >= 0.6 is 0 Å². The second kappa shape index (κ2) is 6.75. The summed E-state index contributed by atoms with van der Waals surface area (Å²) >= 11 is 0. The Morgan fingerprint density at radius 2 is 2.04 bits per heavy atom. The summed E-state index contributed by atoms with van der Waals surface area (Å²) in [6.45, 7) is 3.08. The predicted molar refractivity (Wildman–Crippen MR) is 102 cm³/mol. The molecule has 128 valence electrons. The summed E-state index contributed by atoms with van der Waals surface area (Å²) in [5, 5.41) is 1.14. The zero-order valence-electron chi connectivity index (χ0n) is 14.6. The number of rotatable bonds is 4. The van der Waals surface area contributed by atoms with E-state index in [-0.39, 0.29) is 5.91 Å². The first-order chi connectivity index (χ1) is 12.3. The van der Waals surface area contributed by atoms with E-state index in [0.717, 1.165) is 42.3 Å². The van der Waals surface area contributed by atoms with E-state index < -0.39 is 0 Å². The largest absolute Gasteiger partial charge is 0.361 e. The van der Waals surface area contributed by atoms with Gasteiger partial charge in [-0.05, 0) is 48.4 Å². The Balaban J connectivity index is 1.62. The van der Waals surface area contributed by atoms with Crippen LogP contribution in [0, 0.1) is 0 Å². The summed E-state index contributed by atoms with van der Waals surface area (Å²) in [7, 11) is 0. The average molecular weight is 332 g/mol. The van der Waals surface area contributed by atoms with Crippen molar-refractivity contribution in [3.63, 3.8) is 0 Å². The van der Waals surface area contributed by atoms with Crippen LogP contribution in [0.3, 0.4) is 0 Å². The molecule has 0 saturated carbocycles. The van der Waals surface area contributed by atoms with E-state index in [2.05, 4.69) is 47.1 Å². The van der Waals surface area contributed by atoms with Gasteiger partial charge in [-0.15, -0.1) is 0 Å². The monoisotopic (exact) mass is 332 g/mol. The molecule has 3 aromatic rings. The first kappa shape index (κ1) is 15.9. The molecule has 0 aliphatic carbocycles. The van der Waals surface area contributed by atoms with Crippen LogP contribution in [0.2, 0.25) is 0 Å². The maximum absolute atomic E-state index is 13.2. The van der Waals surface area contributed by atoms with Crippen molar-refractivity contribution in [1.82, 2.24) is 9.88 Å². The fraction of sp³-hybridized carbons (Fsp3) is 0.318. The van der Waals surface area contributed by atoms with Gasteiger partial charge in [0.1, 0.15) is 0 Å². The SMILES string of the molecule is CCC(c1ccccc1)C1CCCN1C(=O)c1ccc2cc[nH]c2c1. The van der Waals surface area contributed by atoms with Gasteiger partial charge in [-0.25, -0.2) is 0 Å². The van der Waals surface area contributed by atoms with Gasteiger partial charge in [0.2, 0.25) is 0 Å². The number of H-pyrrole nitrogens is 1. The molecule has 3 nitrogen and oxygen atoms in total. The molecule has 1 fully saturated rings. The van der Waals surface area contributed by atoms with Crippen molar-refractivity contribution >= 4 is 16.8 Å². The van der Waals surface area contributed by atoms with Crippen molar-refractivity contribution in [3.05, 3.63) is 71.9 Å².